The minimum absolute atomic E-state index is 0.00240. The van der Waals surface area contributed by atoms with Crippen LogP contribution in [-0.4, -0.2) is 47.1 Å². The van der Waals surface area contributed by atoms with Crippen molar-refractivity contribution in [3.05, 3.63) is 0 Å². The molecule has 124 valence electrons. The topological polar surface area (TPSA) is 69.6 Å². The second kappa shape index (κ2) is 6.19. The Labute approximate surface area is 132 Å². The van der Waals surface area contributed by atoms with Gasteiger partial charge in [0.15, 0.2) is 0 Å². The molecule has 0 spiro atoms. The molecule has 2 bridgehead atoms. The fraction of sp³-hybridized carbons (Fsp3) is 0.882. The number of fused-ring (bicyclic) bond motifs is 2. The number of carbonyl (C=O) groups excluding carboxylic acids is 1. The van der Waals surface area contributed by atoms with Crippen molar-refractivity contribution >= 4 is 11.9 Å². The number of nitrogens with zero attached hydrogens (tertiary/aromatic N) is 1. The zero-order chi connectivity index (χ0) is 15.9. The van der Waals surface area contributed by atoms with Gasteiger partial charge in [-0.3, -0.25) is 9.59 Å². The maximum atomic E-state index is 12.6. The van der Waals surface area contributed by atoms with Crippen molar-refractivity contribution < 1.29 is 14.7 Å². The Bertz CT molecular complexity index is 443. The third-order valence-corrected chi connectivity index (χ3v) is 6.11. The van der Waals surface area contributed by atoms with Gasteiger partial charge in [0.2, 0.25) is 5.91 Å². The van der Waals surface area contributed by atoms with E-state index >= 15 is 0 Å². The van der Waals surface area contributed by atoms with Gasteiger partial charge in [0.1, 0.15) is 0 Å². The molecule has 5 heteroatoms. The molecular formula is C17H28N2O3. The molecule has 1 aliphatic heterocycles. The maximum Gasteiger partial charge on any atom is 0.307 e. The van der Waals surface area contributed by atoms with Crippen LogP contribution in [0.4, 0.5) is 0 Å². The highest BCUT2D eigenvalue weighted by Gasteiger charge is 2.54. The average Bonchev–Trinajstić information content (AvgIpc) is 3.08. The Morgan fingerprint density at radius 2 is 1.64 bits per heavy atom. The first-order chi connectivity index (χ1) is 10.5. The molecule has 4 atom stereocenters. The summed E-state index contributed by atoms with van der Waals surface area (Å²) in [5.41, 5.74) is 0. The summed E-state index contributed by atoms with van der Waals surface area (Å²) in [7, 11) is 0. The second-order valence-electron chi connectivity index (χ2n) is 7.64. The quantitative estimate of drug-likeness (QED) is 0.830. The molecule has 1 heterocycles. The van der Waals surface area contributed by atoms with Crippen molar-refractivity contribution in [3.63, 3.8) is 0 Å². The largest absolute Gasteiger partial charge is 0.481 e. The molecule has 1 saturated heterocycles. The first-order valence-corrected chi connectivity index (χ1v) is 8.74. The number of carboxylic acids is 1. The van der Waals surface area contributed by atoms with Crippen LogP contribution in [0.1, 0.15) is 46.0 Å². The van der Waals surface area contributed by atoms with Gasteiger partial charge >= 0.3 is 5.97 Å². The van der Waals surface area contributed by atoms with E-state index in [1.54, 1.807) is 0 Å². The number of rotatable bonds is 4. The number of aliphatic carboxylic acids is 1. The van der Waals surface area contributed by atoms with Gasteiger partial charge in [0.05, 0.1) is 11.8 Å². The summed E-state index contributed by atoms with van der Waals surface area (Å²) in [6, 6.07) is 0.773. The predicted molar refractivity (Wildman–Crippen MR) is 83.3 cm³/mol. The Morgan fingerprint density at radius 1 is 1.05 bits per heavy atom. The zero-order valence-electron chi connectivity index (χ0n) is 13.6. The highest BCUT2D eigenvalue weighted by Crippen LogP contribution is 2.52. The van der Waals surface area contributed by atoms with E-state index in [1.165, 1.54) is 0 Å². The van der Waals surface area contributed by atoms with E-state index in [0.29, 0.717) is 12.0 Å². The minimum Gasteiger partial charge on any atom is -0.481 e. The van der Waals surface area contributed by atoms with Crippen LogP contribution in [-0.2, 0) is 9.59 Å². The Kier molecular flexibility index (Phi) is 4.44. The van der Waals surface area contributed by atoms with Crippen LogP contribution in [0.15, 0.2) is 0 Å². The Balaban J connectivity index is 1.57. The van der Waals surface area contributed by atoms with E-state index in [9.17, 15) is 14.7 Å². The number of carbonyl (C=O) groups is 2. The molecular weight excluding hydrogens is 280 g/mol. The molecule has 3 rings (SSSR count). The summed E-state index contributed by atoms with van der Waals surface area (Å²) < 4.78 is 0. The predicted octanol–water partition coefficient (Wildman–Crippen LogP) is 1.72. The summed E-state index contributed by atoms with van der Waals surface area (Å²) in [6.07, 6.45) is 4.89. The number of piperidine rings is 1. The van der Waals surface area contributed by atoms with E-state index in [1.807, 2.05) is 0 Å². The average molecular weight is 308 g/mol. The molecule has 22 heavy (non-hydrogen) atoms. The minimum atomic E-state index is -0.776. The Morgan fingerprint density at radius 3 is 2.18 bits per heavy atom. The third kappa shape index (κ3) is 2.87. The second-order valence-corrected chi connectivity index (χ2v) is 7.64. The van der Waals surface area contributed by atoms with Gasteiger partial charge in [-0.1, -0.05) is 0 Å². The van der Waals surface area contributed by atoms with E-state index in [4.69, 9.17) is 0 Å². The summed E-state index contributed by atoms with van der Waals surface area (Å²) in [6.45, 7) is 6.43. The van der Waals surface area contributed by atoms with Gasteiger partial charge in [-0.05, 0) is 57.8 Å². The van der Waals surface area contributed by atoms with Crippen molar-refractivity contribution in [1.29, 1.82) is 0 Å². The molecule has 0 unspecified atom stereocenters. The molecule has 0 aromatic carbocycles. The molecule has 3 aliphatic rings. The standard InChI is InChI=1S/C17H28N2O3/c1-10(2)19-7-5-13(6-8-19)18-16(20)14-11-3-4-12(9-11)15(14)17(21)22/h10-15H,3-9H2,1-2H3,(H,18,20)(H,21,22)/t11-,12-,14+,15+/m0/s1. The van der Waals surface area contributed by atoms with Crippen molar-refractivity contribution in [1.82, 2.24) is 10.2 Å². The molecule has 5 nitrogen and oxygen atoms in total. The molecule has 1 amide bonds. The van der Waals surface area contributed by atoms with E-state index in [2.05, 4.69) is 24.1 Å². The maximum absolute atomic E-state index is 12.6. The molecule has 2 N–H and O–H groups in total. The van der Waals surface area contributed by atoms with Crippen LogP contribution >= 0.6 is 0 Å². The van der Waals surface area contributed by atoms with Crippen LogP contribution in [0.2, 0.25) is 0 Å². The lowest BCUT2D eigenvalue weighted by Crippen LogP contribution is -2.50. The van der Waals surface area contributed by atoms with Gasteiger partial charge in [0, 0.05) is 25.2 Å². The highest BCUT2D eigenvalue weighted by atomic mass is 16.4. The van der Waals surface area contributed by atoms with Crippen molar-refractivity contribution in [2.24, 2.45) is 23.7 Å². The number of amides is 1. The van der Waals surface area contributed by atoms with Crippen molar-refractivity contribution in [2.45, 2.75) is 58.0 Å². The first kappa shape index (κ1) is 15.8. The van der Waals surface area contributed by atoms with Crippen molar-refractivity contribution in [2.75, 3.05) is 13.1 Å². The first-order valence-electron chi connectivity index (χ1n) is 8.74. The summed E-state index contributed by atoms with van der Waals surface area (Å²) in [5.74, 6) is -0.999. The summed E-state index contributed by atoms with van der Waals surface area (Å²) >= 11 is 0. The van der Waals surface area contributed by atoms with Crippen LogP contribution < -0.4 is 5.32 Å². The third-order valence-electron chi connectivity index (χ3n) is 6.11. The smallest absolute Gasteiger partial charge is 0.307 e. The van der Waals surface area contributed by atoms with Crippen LogP contribution in [0.25, 0.3) is 0 Å². The van der Waals surface area contributed by atoms with Gasteiger partial charge in [0.25, 0.3) is 0 Å². The van der Waals surface area contributed by atoms with Gasteiger partial charge in [-0.2, -0.15) is 0 Å². The fourth-order valence-corrected chi connectivity index (χ4v) is 4.88. The van der Waals surface area contributed by atoms with Gasteiger partial charge in [-0.25, -0.2) is 0 Å². The lowest BCUT2D eigenvalue weighted by atomic mass is 9.78. The van der Waals surface area contributed by atoms with Gasteiger partial charge in [-0.15, -0.1) is 0 Å². The number of hydrogen-bond acceptors (Lipinski definition) is 3. The highest BCUT2D eigenvalue weighted by molar-refractivity contribution is 5.86. The fourth-order valence-electron chi connectivity index (χ4n) is 4.88. The van der Waals surface area contributed by atoms with E-state index in [0.717, 1.165) is 45.2 Å². The van der Waals surface area contributed by atoms with Crippen molar-refractivity contribution in [3.8, 4) is 0 Å². The van der Waals surface area contributed by atoms with E-state index in [-0.39, 0.29) is 23.8 Å². The number of nitrogens with one attached hydrogen (secondary N) is 1. The van der Waals surface area contributed by atoms with Gasteiger partial charge < -0.3 is 15.3 Å². The molecule has 3 fully saturated rings. The number of carboxylic acid groups (broad SMARTS) is 1. The van der Waals surface area contributed by atoms with E-state index < -0.39 is 11.9 Å². The lowest BCUT2D eigenvalue weighted by Gasteiger charge is -2.36. The summed E-state index contributed by atoms with van der Waals surface area (Å²) in [5, 5.41) is 12.6. The normalized spacial score (nSPS) is 36.0. The molecule has 0 radical (unpaired) electrons. The lowest BCUT2D eigenvalue weighted by molar-refractivity contribution is -0.149. The SMILES string of the molecule is CC(C)N1CCC(NC(=O)[C@@H]2[C@H]3CC[C@@H](C3)[C@H]2C(=O)O)CC1. The molecule has 2 aliphatic carbocycles. The summed E-state index contributed by atoms with van der Waals surface area (Å²) in [4.78, 5) is 26.6. The number of hydrogen-bond donors (Lipinski definition) is 2. The zero-order valence-corrected chi connectivity index (χ0v) is 13.6. The molecule has 0 aromatic rings. The molecule has 0 aromatic heterocycles. The monoisotopic (exact) mass is 308 g/mol. The van der Waals surface area contributed by atoms with Crippen LogP contribution in [0.5, 0.6) is 0 Å². The van der Waals surface area contributed by atoms with Crippen LogP contribution in [0, 0.1) is 23.7 Å². The Hall–Kier alpha value is -1.10. The number of likely N-dealkylation sites (tertiary alicyclic amines) is 1. The molecule has 2 saturated carbocycles. The van der Waals surface area contributed by atoms with Crippen LogP contribution in [0.3, 0.4) is 0 Å².